The highest BCUT2D eigenvalue weighted by Gasteiger charge is 2.02. The van der Waals surface area contributed by atoms with E-state index in [4.69, 9.17) is 0 Å². The van der Waals surface area contributed by atoms with E-state index in [-0.39, 0.29) is 0 Å². The first kappa shape index (κ1) is 13.4. The molecule has 0 rings (SSSR count). The smallest absolute Gasteiger partial charge is 0.00127 e. The highest BCUT2D eigenvalue weighted by atomic mass is 15.0. The molecule has 0 amide bonds. The van der Waals surface area contributed by atoms with Crippen molar-refractivity contribution in [3.63, 3.8) is 0 Å². The molecular formula is C13H25N. The SMILES string of the molecule is CC(C)=C/C=C(/CCN(C)C)C(C)C. The molecule has 0 aliphatic rings. The fourth-order valence-corrected chi connectivity index (χ4v) is 1.19. The zero-order valence-corrected chi connectivity index (χ0v) is 10.6. The third-order valence-corrected chi connectivity index (χ3v) is 2.22. The lowest BCUT2D eigenvalue weighted by molar-refractivity contribution is 0.407. The summed E-state index contributed by atoms with van der Waals surface area (Å²) in [5, 5.41) is 0. The van der Waals surface area contributed by atoms with Gasteiger partial charge in [-0.3, -0.25) is 0 Å². The maximum atomic E-state index is 2.28. The Morgan fingerprint density at radius 3 is 2.07 bits per heavy atom. The molecule has 0 fully saturated rings. The number of hydrogen-bond acceptors (Lipinski definition) is 1. The Labute approximate surface area is 89.5 Å². The zero-order valence-electron chi connectivity index (χ0n) is 10.6. The van der Waals surface area contributed by atoms with Crippen LogP contribution in [0.4, 0.5) is 0 Å². The topological polar surface area (TPSA) is 3.24 Å². The van der Waals surface area contributed by atoms with Crippen LogP contribution in [0.2, 0.25) is 0 Å². The van der Waals surface area contributed by atoms with Gasteiger partial charge in [-0.05, 0) is 40.3 Å². The van der Waals surface area contributed by atoms with Gasteiger partial charge in [0.25, 0.3) is 0 Å². The fraction of sp³-hybridized carbons (Fsp3) is 0.692. The summed E-state index contributed by atoms with van der Waals surface area (Å²) in [7, 11) is 4.25. The molecule has 1 heteroatoms. The minimum Gasteiger partial charge on any atom is -0.309 e. The van der Waals surface area contributed by atoms with Gasteiger partial charge in [-0.1, -0.05) is 37.1 Å². The second-order valence-corrected chi connectivity index (χ2v) is 4.69. The molecule has 0 radical (unpaired) electrons. The van der Waals surface area contributed by atoms with E-state index >= 15 is 0 Å². The Bertz CT molecular complexity index is 205. The molecule has 0 atom stereocenters. The number of nitrogens with zero attached hydrogens (tertiary/aromatic N) is 1. The maximum absolute atomic E-state index is 2.28. The predicted molar refractivity (Wildman–Crippen MR) is 65.5 cm³/mol. The van der Waals surface area contributed by atoms with Crippen LogP contribution in [-0.2, 0) is 0 Å². The van der Waals surface area contributed by atoms with Crippen LogP contribution in [-0.4, -0.2) is 25.5 Å². The summed E-state index contributed by atoms with van der Waals surface area (Å²) in [6.07, 6.45) is 5.67. The first-order valence-corrected chi connectivity index (χ1v) is 5.42. The van der Waals surface area contributed by atoms with Gasteiger partial charge >= 0.3 is 0 Å². The minimum absolute atomic E-state index is 0.658. The standard InChI is InChI=1S/C13H25N/c1-11(2)7-8-13(12(3)4)9-10-14(5)6/h7-8,12H,9-10H2,1-6H3/b13-8-. The maximum Gasteiger partial charge on any atom is 0.00127 e. The van der Waals surface area contributed by atoms with Gasteiger partial charge in [-0.15, -0.1) is 0 Å². The van der Waals surface area contributed by atoms with Crippen LogP contribution in [0.3, 0.4) is 0 Å². The number of rotatable bonds is 5. The Balaban J connectivity index is 4.30. The lowest BCUT2D eigenvalue weighted by atomic mass is 9.99. The van der Waals surface area contributed by atoms with Crippen LogP contribution >= 0.6 is 0 Å². The predicted octanol–water partition coefficient (Wildman–Crippen LogP) is 3.49. The molecule has 0 saturated carbocycles. The van der Waals surface area contributed by atoms with E-state index in [0.29, 0.717) is 5.92 Å². The molecule has 0 bridgehead atoms. The molecular weight excluding hydrogens is 170 g/mol. The molecule has 0 N–H and O–H groups in total. The van der Waals surface area contributed by atoms with Crippen LogP contribution in [0.25, 0.3) is 0 Å². The van der Waals surface area contributed by atoms with E-state index in [9.17, 15) is 0 Å². The molecule has 82 valence electrons. The van der Waals surface area contributed by atoms with E-state index in [2.05, 4.69) is 58.8 Å². The molecule has 0 aromatic heterocycles. The Morgan fingerprint density at radius 2 is 1.71 bits per heavy atom. The molecule has 0 aromatic rings. The third-order valence-electron chi connectivity index (χ3n) is 2.22. The van der Waals surface area contributed by atoms with Gasteiger partial charge < -0.3 is 4.90 Å². The second kappa shape index (κ2) is 6.83. The van der Waals surface area contributed by atoms with Gasteiger partial charge in [0.2, 0.25) is 0 Å². The van der Waals surface area contributed by atoms with Crippen molar-refractivity contribution in [1.82, 2.24) is 4.90 Å². The number of allylic oxidation sites excluding steroid dienone is 3. The summed E-state index contributed by atoms with van der Waals surface area (Å²) in [6.45, 7) is 9.95. The molecule has 0 heterocycles. The van der Waals surface area contributed by atoms with Crippen molar-refractivity contribution in [2.75, 3.05) is 20.6 Å². The van der Waals surface area contributed by atoms with Crippen LogP contribution in [0.1, 0.15) is 34.1 Å². The van der Waals surface area contributed by atoms with Crippen LogP contribution in [0, 0.1) is 5.92 Å². The molecule has 0 aliphatic carbocycles. The van der Waals surface area contributed by atoms with Crippen molar-refractivity contribution in [1.29, 1.82) is 0 Å². The highest BCUT2D eigenvalue weighted by Crippen LogP contribution is 2.14. The van der Waals surface area contributed by atoms with Crippen LogP contribution < -0.4 is 0 Å². The molecule has 0 aromatic carbocycles. The van der Waals surface area contributed by atoms with Crippen molar-refractivity contribution in [2.45, 2.75) is 34.1 Å². The fourth-order valence-electron chi connectivity index (χ4n) is 1.19. The normalized spacial score (nSPS) is 12.4. The lowest BCUT2D eigenvalue weighted by Gasteiger charge is -2.14. The summed E-state index contributed by atoms with van der Waals surface area (Å²) < 4.78 is 0. The summed E-state index contributed by atoms with van der Waals surface area (Å²) in [6, 6.07) is 0. The molecule has 0 aliphatic heterocycles. The molecule has 0 saturated heterocycles. The van der Waals surface area contributed by atoms with E-state index in [1.54, 1.807) is 5.57 Å². The van der Waals surface area contributed by atoms with Crippen LogP contribution in [0.15, 0.2) is 23.3 Å². The molecule has 1 nitrogen and oxygen atoms in total. The van der Waals surface area contributed by atoms with E-state index in [0.717, 1.165) is 6.54 Å². The monoisotopic (exact) mass is 195 g/mol. The summed E-state index contributed by atoms with van der Waals surface area (Å²) in [5.41, 5.74) is 2.91. The first-order valence-electron chi connectivity index (χ1n) is 5.42. The quantitative estimate of drug-likeness (QED) is 0.607. The molecule has 14 heavy (non-hydrogen) atoms. The van der Waals surface area contributed by atoms with E-state index < -0.39 is 0 Å². The zero-order chi connectivity index (χ0) is 11.1. The van der Waals surface area contributed by atoms with Crippen molar-refractivity contribution < 1.29 is 0 Å². The summed E-state index contributed by atoms with van der Waals surface area (Å²) in [5.74, 6) is 0.658. The van der Waals surface area contributed by atoms with Crippen LogP contribution in [0.5, 0.6) is 0 Å². The van der Waals surface area contributed by atoms with Gasteiger partial charge in [0.1, 0.15) is 0 Å². The van der Waals surface area contributed by atoms with Crippen molar-refractivity contribution in [2.24, 2.45) is 5.92 Å². The summed E-state index contributed by atoms with van der Waals surface area (Å²) in [4.78, 5) is 2.23. The van der Waals surface area contributed by atoms with E-state index in [1.807, 2.05) is 0 Å². The van der Waals surface area contributed by atoms with Gasteiger partial charge in [-0.2, -0.15) is 0 Å². The van der Waals surface area contributed by atoms with E-state index in [1.165, 1.54) is 12.0 Å². The minimum atomic E-state index is 0.658. The first-order chi connectivity index (χ1) is 6.43. The van der Waals surface area contributed by atoms with Gasteiger partial charge in [0.05, 0.1) is 0 Å². The van der Waals surface area contributed by atoms with Gasteiger partial charge in [-0.25, -0.2) is 0 Å². The van der Waals surface area contributed by atoms with Crippen molar-refractivity contribution >= 4 is 0 Å². The van der Waals surface area contributed by atoms with Crippen molar-refractivity contribution in [3.05, 3.63) is 23.3 Å². The van der Waals surface area contributed by atoms with Crippen molar-refractivity contribution in [3.8, 4) is 0 Å². The number of hydrogen-bond donors (Lipinski definition) is 0. The highest BCUT2D eigenvalue weighted by molar-refractivity contribution is 5.17. The van der Waals surface area contributed by atoms with Gasteiger partial charge in [0, 0.05) is 6.54 Å². The van der Waals surface area contributed by atoms with Gasteiger partial charge in [0.15, 0.2) is 0 Å². The Hall–Kier alpha value is -0.560. The lowest BCUT2D eigenvalue weighted by Crippen LogP contribution is -2.14. The average molecular weight is 195 g/mol. The molecule has 0 spiro atoms. The third kappa shape index (κ3) is 6.90. The second-order valence-electron chi connectivity index (χ2n) is 4.69. The average Bonchev–Trinajstić information content (AvgIpc) is 2.02. The molecule has 0 unspecified atom stereocenters. The summed E-state index contributed by atoms with van der Waals surface area (Å²) >= 11 is 0. The Kier molecular flexibility index (Phi) is 6.56. The largest absolute Gasteiger partial charge is 0.309 e. The Morgan fingerprint density at radius 1 is 1.14 bits per heavy atom.